The van der Waals surface area contributed by atoms with E-state index in [2.05, 4.69) is 65.3 Å². The average Bonchev–Trinajstić information content (AvgIpc) is 3.11. The number of hydrogen-bond acceptors (Lipinski definition) is 4. The summed E-state index contributed by atoms with van der Waals surface area (Å²) < 4.78 is 1.68. The molecule has 0 saturated carbocycles. The molecule has 0 bridgehead atoms. The number of rotatable bonds is 7. The van der Waals surface area contributed by atoms with Crippen LogP contribution in [0.1, 0.15) is 25.1 Å². The van der Waals surface area contributed by atoms with Gasteiger partial charge in [0.05, 0.1) is 5.69 Å². The second-order valence-electron chi connectivity index (χ2n) is 7.93. The molecule has 0 radical (unpaired) electrons. The number of anilines is 2. The molecular weight excluding hydrogens is 398 g/mol. The van der Waals surface area contributed by atoms with Crippen LogP contribution in [-0.2, 0) is 11.3 Å². The van der Waals surface area contributed by atoms with Crippen molar-refractivity contribution < 1.29 is 4.79 Å². The largest absolute Gasteiger partial charge is 0.372 e. The lowest BCUT2D eigenvalue weighted by molar-refractivity contribution is -0.116. The van der Waals surface area contributed by atoms with Crippen LogP contribution < -0.4 is 10.2 Å². The molecule has 0 aliphatic heterocycles. The molecule has 0 fully saturated rings. The molecule has 2 heterocycles. The Balaban J connectivity index is 1.55. The highest BCUT2D eigenvalue weighted by molar-refractivity contribution is 5.96. The van der Waals surface area contributed by atoms with Gasteiger partial charge in [0, 0.05) is 36.0 Å². The van der Waals surface area contributed by atoms with Crippen LogP contribution in [-0.4, -0.2) is 33.8 Å². The predicted octanol–water partition coefficient (Wildman–Crippen LogP) is 5.20. The maximum Gasteiger partial charge on any atom is 0.246 e. The molecule has 6 heteroatoms. The summed E-state index contributed by atoms with van der Waals surface area (Å²) in [7, 11) is 0. The van der Waals surface area contributed by atoms with Gasteiger partial charge in [0.25, 0.3) is 0 Å². The van der Waals surface area contributed by atoms with Crippen LogP contribution in [0.2, 0.25) is 0 Å². The molecule has 0 aliphatic rings. The summed E-state index contributed by atoms with van der Waals surface area (Å²) in [6.45, 7) is 10.3. The zero-order valence-electron chi connectivity index (χ0n) is 19.1. The third-order valence-corrected chi connectivity index (χ3v) is 5.74. The highest BCUT2D eigenvalue weighted by Gasteiger charge is 2.16. The predicted molar refractivity (Wildman–Crippen MR) is 131 cm³/mol. The monoisotopic (exact) mass is 427 g/mol. The van der Waals surface area contributed by atoms with E-state index in [0.717, 1.165) is 46.7 Å². The fourth-order valence-electron chi connectivity index (χ4n) is 4.05. The maximum atomic E-state index is 12.7. The molecule has 1 amide bonds. The first-order valence-corrected chi connectivity index (χ1v) is 11.0. The molecule has 0 unspecified atom stereocenters. The quantitative estimate of drug-likeness (QED) is 0.440. The molecule has 2 aromatic heterocycles. The number of amides is 1. The van der Waals surface area contributed by atoms with Crippen LogP contribution in [0.25, 0.3) is 22.2 Å². The van der Waals surface area contributed by atoms with Crippen LogP contribution in [0.4, 0.5) is 11.4 Å². The van der Waals surface area contributed by atoms with Crippen LogP contribution >= 0.6 is 0 Å². The molecule has 1 N–H and O–H groups in total. The summed E-state index contributed by atoms with van der Waals surface area (Å²) in [5.41, 5.74) is 6.90. The molecular formula is C26H29N5O. The highest BCUT2D eigenvalue weighted by atomic mass is 16.2. The van der Waals surface area contributed by atoms with E-state index in [1.807, 2.05) is 37.3 Å². The Kier molecular flexibility index (Phi) is 6.21. The minimum Gasteiger partial charge on any atom is -0.372 e. The summed E-state index contributed by atoms with van der Waals surface area (Å²) in [5, 5.41) is 8.57. The van der Waals surface area contributed by atoms with Gasteiger partial charge in [-0.3, -0.25) is 4.79 Å². The number of carbonyl (C=O) groups is 1. The van der Waals surface area contributed by atoms with E-state index in [4.69, 9.17) is 0 Å². The topological polar surface area (TPSA) is 63.1 Å². The first-order valence-electron chi connectivity index (χ1n) is 11.0. The minimum absolute atomic E-state index is 0.104. The van der Waals surface area contributed by atoms with Crippen molar-refractivity contribution in [2.75, 3.05) is 23.3 Å². The molecule has 0 saturated heterocycles. The minimum atomic E-state index is -0.132. The van der Waals surface area contributed by atoms with Crippen molar-refractivity contribution in [2.24, 2.45) is 0 Å². The lowest BCUT2D eigenvalue weighted by Gasteiger charge is -2.21. The molecule has 4 rings (SSSR count). The van der Waals surface area contributed by atoms with E-state index in [-0.39, 0.29) is 12.5 Å². The molecule has 2 aromatic carbocycles. The Bertz CT molecular complexity index is 1220. The van der Waals surface area contributed by atoms with Gasteiger partial charge >= 0.3 is 0 Å². The van der Waals surface area contributed by atoms with E-state index in [0.29, 0.717) is 5.65 Å². The summed E-state index contributed by atoms with van der Waals surface area (Å²) in [5.74, 6) is -0.132. The summed E-state index contributed by atoms with van der Waals surface area (Å²) in [6.07, 6.45) is 1.78. The van der Waals surface area contributed by atoms with Gasteiger partial charge in [-0.15, -0.1) is 0 Å². The Morgan fingerprint density at radius 2 is 1.66 bits per heavy atom. The van der Waals surface area contributed by atoms with Crippen LogP contribution in [0.3, 0.4) is 0 Å². The van der Waals surface area contributed by atoms with Crippen molar-refractivity contribution in [2.45, 2.75) is 34.2 Å². The van der Waals surface area contributed by atoms with Gasteiger partial charge in [0.15, 0.2) is 5.65 Å². The number of carbonyl (C=O) groups excluding carboxylic acids is 1. The first-order chi connectivity index (χ1) is 15.5. The second kappa shape index (κ2) is 9.22. The van der Waals surface area contributed by atoms with Crippen LogP contribution in [0.15, 0.2) is 60.8 Å². The highest BCUT2D eigenvalue weighted by Crippen LogP contribution is 2.30. The van der Waals surface area contributed by atoms with E-state index < -0.39 is 0 Å². The number of pyridine rings is 1. The lowest BCUT2D eigenvalue weighted by atomic mass is 10.0. The van der Waals surface area contributed by atoms with Gasteiger partial charge in [-0.2, -0.15) is 5.10 Å². The Morgan fingerprint density at radius 1 is 0.969 bits per heavy atom. The van der Waals surface area contributed by atoms with Gasteiger partial charge < -0.3 is 10.2 Å². The van der Waals surface area contributed by atoms with E-state index >= 15 is 0 Å². The normalized spacial score (nSPS) is 11.0. The van der Waals surface area contributed by atoms with Gasteiger partial charge in [-0.25, -0.2) is 9.67 Å². The summed E-state index contributed by atoms with van der Waals surface area (Å²) in [4.78, 5) is 19.5. The number of nitrogens with zero attached hydrogens (tertiary/aromatic N) is 4. The zero-order chi connectivity index (χ0) is 22.7. The Labute approximate surface area is 188 Å². The van der Waals surface area contributed by atoms with Gasteiger partial charge in [0.2, 0.25) is 5.91 Å². The average molecular weight is 428 g/mol. The SMILES string of the molecule is CCN(CC)c1ccc(NC(=O)Cn2nc(C)c3c(-c4ccc(C)cc4)ccnc32)cc1. The number of nitrogens with one attached hydrogen (secondary N) is 1. The summed E-state index contributed by atoms with van der Waals surface area (Å²) in [6, 6.07) is 18.4. The summed E-state index contributed by atoms with van der Waals surface area (Å²) >= 11 is 0. The van der Waals surface area contributed by atoms with Crippen LogP contribution in [0.5, 0.6) is 0 Å². The Morgan fingerprint density at radius 3 is 2.31 bits per heavy atom. The fourth-order valence-corrected chi connectivity index (χ4v) is 4.05. The standard InChI is InChI=1S/C26H29N5O/c1-5-30(6-2)22-13-11-21(12-14-22)28-24(32)17-31-26-25(19(4)29-31)23(15-16-27-26)20-9-7-18(3)8-10-20/h7-16H,5-6,17H2,1-4H3,(H,28,32). The number of benzene rings is 2. The van der Waals surface area contributed by atoms with Crippen molar-refractivity contribution >= 4 is 28.3 Å². The maximum absolute atomic E-state index is 12.7. The zero-order valence-corrected chi connectivity index (χ0v) is 19.1. The number of fused-ring (bicyclic) bond motifs is 1. The lowest BCUT2D eigenvalue weighted by Crippen LogP contribution is -2.22. The van der Waals surface area contributed by atoms with Crippen molar-refractivity contribution in [3.8, 4) is 11.1 Å². The number of aromatic nitrogens is 3. The second-order valence-corrected chi connectivity index (χ2v) is 7.93. The van der Waals surface area contributed by atoms with Gasteiger partial charge in [0.1, 0.15) is 6.54 Å². The molecule has 6 nitrogen and oxygen atoms in total. The van der Waals surface area contributed by atoms with E-state index in [1.165, 1.54) is 5.56 Å². The molecule has 32 heavy (non-hydrogen) atoms. The van der Waals surface area contributed by atoms with Gasteiger partial charge in [-0.1, -0.05) is 29.8 Å². The number of hydrogen-bond donors (Lipinski definition) is 1. The van der Waals surface area contributed by atoms with Crippen molar-refractivity contribution in [1.82, 2.24) is 14.8 Å². The molecule has 0 aliphatic carbocycles. The van der Waals surface area contributed by atoms with Crippen LogP contribution in [0, 0.1) is 13.8 Å². The van der Waals surface area contributed by atoms with Crippen molar-refractivity contribution in [3.05, 3.63) is 72.1 Å². The van der Waals surface area contributed by atoms with Crippen molar-refractivity contribution in [1.29, 1.82) is 0 Å². The van der Waals surface area contributed by atoms with E-state index in [9.17, 15) is 4.79 Å². The number of aryl methyl sites for hydroxylation is 2. The molecule has 0 atom stereocenters. The third kappa shape index (κ3) is 4.35. The molecule has 0 spiro atoms. The molecule has 4 aromatic rings. The van der Waals surface area contributed by atoms with Crippen molar-refractivity contribution in [3.63, 3.8) is 0 Å². The third-order valence-electron chi connectivity index (χ3n) is 5.74. The fraction of sp³-hybridized carbons (Fsp3) is 0.269. The molecule has 164 valence electrons. The van der Waals surface area contributed by atoms with E-state index in [1.54, 1.807) is 10.9 Å². The van der Waals surface area contributed by atoms with Gasteiger partial charge in [-0.05, 0) is 69.2 Å². The smallest absolute Gasteiger partial charge is 0.246 e. The Hall–Kier alpha value is -3.67. The first kappa shape index (κ1) is 21.6.